The molecule has 2 rings (SSSR count). The zero-order valence-corrected chi connectivity index (χ0v) is 18.1. The van der Waals surface area contributed by atoms with Crippen LogP contribution < -0.4 is 0 Å². The topological polar surface area (TPSA) is 75.2 Å². The smallest absolute Gasteiger partial charge is 0.151 e. The SMILES string of the molecule is C=CN=C(/C=C\C)N=Cc1ccc(-c2ccc(/C=N/C(=C/C=C\C)/N=C\C)cn2)nc1. The van der Waals surface area contributed by atoms with Crippen molar-refractivity contribution in [1.29, 1.82) is 0 Å². The van der Waals surface area contributed by atoms with Crippen LogP contribution in [0.15, 0.2) is 106 Å². The predicted molar refractivity (Wildman–Crippen MR) is 132 cm³/mol. The van der Waals surface area contributed by atoms with Crippen LogP contribution in [0.1, 0.15) is 31.9 Å². The maximum absolute atomic E-state index is 4.49. The third-order valence-corrected chi connectivity index (χ3v) is 3.77. The minimum Gasteiger partial charge on any atom is -0.254 e. The number of hydrogen-bond donors (Lipinski definition) is 0. The van der Waals surface area contributed by atoms with Crippen molar-refractivity contribution in [3.63, 3.8) is 0 Å². The monoisotopic (exact) mass is 410 g/mol. The fourth-order valence-electron chi connectivity index (χ4n) is 2.34. The molecule has 0 aliphatic rings. The first-order valence-electron chi connectivity index (χ1n) is 9.83. The molecule has 0 saturated carbocycles. The second-order valence-electron chi connectivity index (χ2n) is 6.08. The Balaban J connectivity index is 2.12. The summed E-state index contributed by atoms with van der Waals surface area (Å²) in [4.78, 5) is 26.0. The van der Waals surface area contributed by atoms with Gasteiger partial charge < -0.3 is 0 Å². The molecule has 31 heavy (non-hydrogen) atoms. The van der Waals surface area contributed by atoms with Crippen molar-refractivity contribution < 1.29 is 0 Å². The highest BCUT2D eigenvalue weighted by atomic mass is 14.9. The predicted octanol–water partition coefficient (Wildman–Crippen LogP) is 5.61. The molecule has 0 amide bonds. The summed E-state index contributed by atoms with van der Waals surface area (Å²) < 4.78 is 0. The summed E-state index contributed by atoms with van der Waals surface area (Å²) in [5.74, 6) is 1.20. The number of aliphatic imine (C=N–C) groups is 4. The Labute approximate surface area is 183 Å². The number of amidine groups is 1. The summed E-state index contributed by atoms with van der Waals surface area (Å²) >= 11 is 0. The van der Waals surface area contributed by atoms with Gasteiger partial charge in [0, 0.05) is 48.4 Å². The van der Waals surface area contributed by atoms with Gasteiger partial charge in [0.2, 0.25) is 0 Å². The maximum Gasteiger partial charge on any atom is 0.151 e. The standard InChI is InChI=1S/C25H26N6/c1-5-9-11-25(27-8-4)31-19-21-13-15-23(29-17-21)22-14-12-20(16-28-22)18-30-24(10-6-2)26-7-3/h5-19H,3H2,1-2,4H3/b9-5-,10-6-,25-11+,26-24?,27-8-,30-18?,31-19+. The van der Waals surface area contributed by atoms with Crippen LogP contribution in [-0.2, 0) is 0 Å². The van der Waals surface area contributed by atoms with Crippen molar-refractivity contribution in [2.24, 2.45) is 20.0 Å². The van der Waals surface area contributed by atoms with Gasteiger partial charge in [0.25, 0.3) is 0 Å². The molecule has 2 aromatic rings. The van der Waals surface area contributed by atoms with Gasteiger partial charge in [-0.05, 0) is 57.2 Å². The van der Waals surface area contributed by atoms with Gasteiger partial charge in [-0.1, -0.05) is 24.8 Å². The highest BCUT2D eigenvalue weighted by Crippen LogP contribution is 2.14. The molecule has 2 aromatic heterocycles. The number of rotatable bonds is 8. The third-order valence-electron chi connectivity index (χ3n) is 3.77. The molecule has 0 unspecified atom stereocenters. The van der Waals surface area contributed by atoms with Crippen LogP contribution in [0, 0.1) is 0 Å². The van der Waals surface area contributed by atoms with Crippen LogP contribution in [0.4, 0.5) is 0 Å². The van der Waals surface area contributed by atoms with Gasteiger partial charge in [-0.15, -0.1) is 0 Å². The molecule has 0 N–H and O–H groups in total. The van der Waals surface area contributed by atoms with E-state index < -0.39 is 0 Å². The van der Waals surface area contributed by atoms with Crippen molar-refractivity contribution >= 4 is 24.5 Å². The molecular weight excluding hydrogens is 384 g/mol. The van der Waals surface area contributed by atoms with Crippen LogP contribution in [-0.4, -0.2) is 34.4 Å². The van der Waals surface area contributed by atoms with Gasteiger partial charge in [-0.2, -0.15) is 0 Å². The largest absolute Gasteiger partial charge is 0.254 e. The lowest BCUT2D eigenvalue weighted by Crippen LogP contribution is -1.93. The van der Waals surface area contributed by atoms with Crippen LogP contribution in [0.25, 0.3) is 11.4 Å². The minimum atomic E-state index is 0.578. The Bertz CT molecular complexity index is 1050. The summed E-state index contributed by atoms with van der Waals surface area (Å²) in [5.41, 5.74) is 3.30. The molecule has 0 bridgehead atoms. The molecule has 6 nitrogen and oxygen atoms in total. The lowest BCUT2D eigenvalue weighted by molar-refractivity contribution is 1.23. The number of nitrogens with zero attached hydrogens (tertiary/aromatic N) is 6. The molecule has 0 aliphatic heterocycles. The molecule has 0 radical (unpaired) electrons. The third kappa shape index (κ3) is 8.06. The average molecular weight is 411 g/mol. The molecule has 2 heterocycles. The molecule has 6 heteroatoms. The van der Waals surface area contributed by atoms with E-state index in [-0.39, 0.29) is 0 Å². The fraction of sp³-hybridized carbons (Fsp3) is 0.120. The Morgan fingerprint density at radius 2 is 1.48 bits per heavy atom. The first kappa shape index (κ1) is 23.2. The number of allylic oxidation sites excluding steroid dienone is 4. The van der Waals surface area contributed by atoms with Gasteiger partial charge in [-0.3, -0.25) is 9.97 Å². The van der Waals surface area contributed by atoms with Crippen LogP contribution in [0.5, 0.6) is 0 Å². The molecule has 156 valence electrons. The lowest BCUT2D eigenvalue weighted by atomic mass is 10.2. The average Bonchev–Trinajstić information content (AvgIpc) is 2.80. The van der Waals surface area contributed by atoms with Crippen molar-refractivity contribution in [2.75, 3.05) is 0 Å². The highest BCUT2D eigenvalue weighted by Gasteiger charge is 2.01. The fourth-order valence-corrected chi connectivity index (χ4v) is 2.34. The van der Waals surface area contributed by atoms with Gasteiger partial charge in [-0.25, -0.2) is 20.0 Å². The highest BCUT2D eigenvalue weighted by molar-refractivity contribution is 6.01. The van der Waals surface area contributed by atoms with E-state index in [1.807, 2.05) is 75.4 Å². The molecule has 0 saturated heterocycles. The van der Waals surface area contributed by atoms with Crippen molar-refractivity contribution in [2.45, 2.75) is 20.8 Å². The maximum atomic E-state index is 4.49. The van der Waals surface area contributed by atoms with Gasteiger partial charge in [0.1, 0.15) is 0 Å². The molecule has 0 aromatic carbocycles. The zero-order chi connectivity index (χ0) is 22.3. The summed E-state index contributed by atoms with van der Waals surface area (Å²) in [7, 11) is 0. The molecule has 0 spiro atoms. The van der Waals surface area contributed by atoms with E-state index in [1.54, 1.807) is 31.0 Å². The summed E-state index contributed by atoms with van der Waals surface area (Å²) in [5, 5.41) is 0. The quantitative estimate of drug-likeness (QED) is 0.322. The normalized spacial score (nSPS) is 13.5. The summed E-state index contributed by atoms with van der Waals surface area (Å²) in [6.45, 7) is 9.31. The van der Waals surface area contributed by atoms with Gasteiger partial charge >= 0.3 is 0 Å². The first-order chi connectivity index (χ1) is 15.2. The zero-order valence-electron chi connectivity index (χ0n) is 18.1. The minimum absolute atomic E-state index is 0.578. The Hall–Kier alpha value is -4.06. The number of aromatic nitrogens is 2. The van der Waals surface area contributed by atoms with E-state index in [2.05, 4.69) is 36.5 Å². The number of pyridine rings is 2. The molecule has 0 aliphatic carbocycles. The van der Waals surface area contributed by atoms with Gasteiger partial charge in [0.15, 0.2) is 11.7 Å². The molecule has 0 fully saturated rings. The molecular formula is C25H26N6. The van der Waals surface area contributed by atoms with E-state index in [0.717, 1.165) is 22.5 Å². The Morgan fingerprint density at radius 3 is 1.97 bits per heavy atom. The second kappa shape index (κ2) is 13.2. The van der Waals surface area contributed by atoms with Crippen LogP contribution in [0.3, 0.4) is 0 Å². The van der Waals surface area contributed by atoms with E-state index in [1.165, 1.54) is 6.20 Å². The van der Waals surface area contributed by atoms with E-state index in [0.29, 0.717) is 11.7 Å². The second-order valence-corrected chi connectivity index (χ2v) is 6.08. The Morgan fingerprint density at radius 1 is 0.839 bits per heavy atom. The lowest BCUT2D eigenvalue weighted by Gasteiger charge is -2.01. The van der Waals surface area contributed by atoms with Crippen LogP contribution in [0.2, 0.25) is 0 Å². The van der Waals surface area contributed by atoms with Crippen LogP contribution >= 0.6 is 0 Å². The van der Waals surface area contributed by atoms with Crippen molar-refractivity contribution in [1.82, 2.24) is 9.97 Å². The number of hydrogen-bond acceptors (Lipinski definition) is 5. The Kier molecular flexibility index (Phi) is 9.90. The van der Waals surface area contributed by atoms with E-state index in [4.69, 9.17) is 0 Å². The summed E-state index contributed by atoms with van der Waals surface area (Å²) in [6.07, 6.45) is 19.5. The first-order valence-corrected chi connectivity index (χ1v) is 9.83. The van der Waals surface area contributed by atoms with E-state index >= 15 is 0 Å². The molecule has 0 atom stereocenters. The van der Waals surface area contributed by atoms with Gasteiger partial charge in [0.05, 0.1) is 11.4 Å². The van der Waals surface area contributed by atoms with Crippen molar-refractivity contribution in [3.8, 4) is 11.4 Å². The van der Waals surface area contributed by atoms with E-state index in [9.17, 15) is 0 Å². The van der Waals surface area contributed by atoms with Crippen molar-refractivity contribution in [3.05, 3.63) is 96.8 Å². The summed E-state index contributed by atoms with van der Waals surface area (Å²) in [6, 6.07) is 7.70.